The molecule has 0 aromatic carbocycles. The molecule has 1 unspecified atom stereocenters. The maximum absolute atomic E-state index is 9.36. The predicted octanol–water partition coefficient (Wildman–Crippen LogP) is 1.60. The molecule has 0 radical (unpaired) electrons. The quantitative estimate of drug-likeness (QED) is 0.741. The Morgan fingerprint density at radius 2 is 2.42 bits per heavy atom. The zero-order chi connectivity index (χ0) is 13.5. The lowest BCUT2D eigenvalue weighted by molar-refractivity contribution is 0.266. The van der Waals surface area contributed by atoms with Gasteiger partial charge in [0.15, 0.2) is 0 Å². The maximum atomic E-state index is 9.36. The molecule has 1 atom stereocenters. The van der Waals surface area contributed by atoms with E-state index in [0.717, 1.165) is 49.7 Å². The minimum atomic E-state index is 0.195. The van der Waals surface area contributed by atoms with Crippen molar-refractivity contribution in [3.63, 3.8) is 0 Å². The van der Waals surface area contributed by atoms with Crippen LogP contribution in [0.25, 0.3) is 0 Å². The Morgan fingerprint density at radius 3 is 3.21 bits per heavy atom. The first-order valence-electron chi connectivity index (χ1n) is 6.77. The monoisotopic (exact) mass is 282 g/mol. The van der Waals surface area contributed by atoms with E-state index in [1.165, 1.54) is 0 Å². The zero-order valence-corrected chi connectivity index (χ0v) is 12.2. The van der Waals surface area contributed by atoms with Crippen molar-refractivity contribution in [1.82, 2.24) is 9.97 Å². The summed E-state index contributed by atoms with van der Waals surface area (Å²) >= 11 is 1.85. The highest BCUT2D eigenvalue weighted by Crippen LogP contribution is 2.24. The van der Waals surface area contributed by atoms with Crippen molar-refractivity contribution >= 4 is 23.4 Å². The molecule has 0 saturated carbocycles. The van der Waals surface area contributed by atoms with Crippen LogP contribution in [0.5, 0.6) is 0 Å². The summed E-state index contributed by atoms with van der Waals surface area (Å²) in [7, 11) is 0. The highest BCUT2D eigenvalue weighted by molar-refractivity contribution is 7.98. The Hall–Kier alpha value is -1.01. The summed E-state index contributed by atoms with van der Waals surface area (Å²) < 4.78 is 0. The van der Waals surface area contributed by atoms with Crippen LogP contribution in [-0.4, -0.2) is 52.8 Å². The molecule has 0 aliphatic carbocycles. The van der Waals surface area contributed by atoms with Gasteiger partial charge in [-0.1, -0.05) is 0 Å². The molecule has 1 saturated heterocycles. The van der Waals surface area contributed by atoms with Crippen LogP contribution in [0.2, 0.25) is 0 Å². The van der Waals surface area contributed by atoms with E-state index < -0.39 is 0 Å². The lowest BCUT2D eigenvalue weighted by Crippen LogP contribution is -2.32. The number of aromatic nitrogens is 2. The standard InChI is InChI=1S/C13H22N4OS/c1-19-7-3-5-14-12-8-13(16-10-15-12)17-6-2-4-11(17)9-18/h8,10-11,18H,2-7,9H2,1H3,(H,14,15,16). The molecule has 5 nitrogen and oxygen atoms in total. The van der Waals surface area contributed by atoms with Gasteiger partial charge >= 0.3 is 0 Å². The van der Waals surface area contributed by atoms with Gasteiger partial charge in [0.2, 0.25) is 0 Å². The molecule has 0 amide bonds. The van der Waals surface area contributed by atoms with Gasteiger partial charge in [0.25, 0.3) is 0 Å². The molecule has 106 valence electrons. The van der Waals surface area contributed by atoms with Gasteiger partial charge in [0.1, 0.15) is 18.0 Å². The third-order valence-electron chi connectivity index (χ3n) is 3.37. The average molecular weight is 282 g/mol. The number of aliphatic hydroxyl groups is 1. The molecule has 2 N–H and O–H groups in total. The van der Waals surface area contributed by atoms with Gasteiger partial charge in [-0.3, -0.25) is 0 Å². The fourth-order valence-electron chi connectivity index (χ4n) is 2.36. The Labute approximate surface area is 118 Å². The topological polar surface area (TPSA) is 61.3 Å². The van der Waals surface area contributed by atoms with E-state index in [2.05, 4.69) is 26.4 Å². The number of nitrogens with one attached hydrogen (secondary N) is 1. The van der Waals surface area contributed by atoms with Crippen molar-refractivity contribution < 1.29 is 5.11 Å². The van der Waals surface area contributed by atoms with E-state index >= 15 is 0 Å². The molecule has 6 heteroatoms. The third kappa shape index (κ3) is 3.98. The van der Waals surface area contributed by atoms with Gasteiger partial charge in [-0.25, -0.2) is 9.97 Å². The second-order valence-electron chi connectivity index (χ2n) is 4.71. The summed E-state index contributed by atoms with van der Waals surface area (Å²) in [5, 5.41) is 12.7. The van der Waals surface area contributed by atoms with Crippen molar-refractivity contribution in [3.8, 4) is 0 Å². The molecular formula is C13H22N4OS. The van der Waals surface area contributed by atoms with Crippen molar-refractivity contribution in [3.05, 3.63) is 12.4 Å². The van der Waals surface area contributed by atoms with Crippen LogP contribution in [0.3, 0.4) is 0 Å². The molecule has 1 aliphatic rings. The van der Waals surface area contributed by atoms with Gasteiger partial charge < -0.3 is 15.3 Å². The Bertz CT molecular complexity index is 391. The highest BCUT2D eigenvalue weighted by atomic mass is 32.2. The Morgan fingerprint density at radius 1 is 1.53 bits per heavy atom. The van der Waals surface area contributed by atoms with Crippen LogP contribution < -0.4 is 10.2 Å². The van der Waals surface area contributed by atoms with Gasteiger partial charge in [0, 0.05) is 19.2 Å². The maximum Gasteiger partial charge on any atom is 0.134 e. The van der Waals surface area contributed by atoms with Crippen LogP contribution in [0.15, 0.2) is 12.4 Å². The van der Waals surface area contributed by atoms with Gasteiger partial charge in [-0.05, 0) is 31.3 Å². The average Bonchev–Trinajstić information content (AvgIpc) is 2.92. The number of hydrogen-bond donors (Lipinski definition) is 2. The normalized spacial score (nSPS) is 18.8. The first-order chi connectivity index (χ1) is 9.35. The van der Waals surface area contributed by atoms with E-state index in [1.807, 2.05) is 17.8 Å². The van der Waals surface area contributed by atoms with Crippen LogP contribution in [-0.2, 0) is 0 Å². The predicted molar refractivity (Wildman–Crippen MR) is 81.0 cm³/mol. The van der Waals surface area contributed by atoms with Crippen LogP contribution in [0, 0.1) is 0 Å². The molecule has 2 rings (SSSR count). The number of nitrogens with zero attached hydrogens (tertiary/aromatic N) is 3. The van der Waals surface area contributed by atoms with E-state index in [0.29, 0.717) is 0 Å². The van der Waals surface area contributed by atoms with Crippen molar-refractivity contribution in [2.75, 3.05) is 41.9 Å². The summed E-state index contributed by atoms with van der Waals surface area (Å²) in [4.78, 5) is 10.7. The summed E-state index contributed by atoms with van der Waals surface area (Å²) in [6.45, 7) is 2.09. The van der Waals surface area contributed by atoms with Crippen molar-refractivity contribution in [1.29, 1.82) is 0 Å². The van der Waals surface area contributed by atoms with Crippen LogP contribution >= 0.6 is 11.8 Å². The summed E-state index contributed by atoms with van der Waals surface area (Å²) in [6, 6.07) is 2.19. The molecule has 19 heavy (non-hydrogen) atoms. The SMILES string of the molecule is CSCCCNc1cc(N2CCCC2CO)ncn1. The van der Waals surface area contributed by atoms with Gasteiger partial charge in [-0.15, -0.1) is 0 Å². The summed E-state index contributed by atoms with van der Waals surface area (Å²) in [5.74, 6) is 2.94. The van der Waals surface area contributed by atoms with Crippen LogP contribution in [0.1, 0.15) is 19.3 Å². The van der Waals surface area contributed by atoms with E-state index in [9.17, 15) is 5.11 Å². The molecule has 1 aliphatic heterocycles. The highest BCUT2D eigenvalue weighted by Gasteiger charge is 2.24. The molecule has 1 aromatic rings. The second-order valence-corrected chi connectivity index (χ2v) is 5.69. The summed E-state index contributed by atoms with van der Waals surface area (Å²) in [6.07, 6.45) is 7.00. The minimum absolute atomic E-state index is 0.195. The lowest BCUT2D eigenvalue weighted by Gasteiger charge is -2.24. The summed E-state index contributed by atoms with van der Waals surface area (Å²) in [5.41, 5.74) is 0. The van der Waals surface area contributed by atoms with Gasteiger partial charge in [0.05, 0.1) is 12.6 Å². The largest absolute Gasteiger partial charge is 0.394 e. The fraction of sp³-hybridized carbons (Fsp3) is 0.692. The number of aliphatic hydroxyl groups excluding tert-OH is 1. The number of rotatable bonds is 7. The molecule has 2 heterocycles. The smallest absolute Gasteiger partial charge is 0.134 e. The number of thioether (sulfide) groups is 1. The van der Waals surface area contributed by atoms with Crippen molar-refractivity contribution in [2.45, 2.75) is 25.3 Å². The molecule has 1 aromatic heterocycles. The minimum Gasteiger partial charge on any atom is -0.394 e. The Kier molecular flexibility index (Phi) is 5.72. The Balaban J connectivity index is 1.94. The zero-order valence-electron chi connectivity index (χ0n) is 11.4. The van der Waals surface area contributed by atoms with Gasteiger partial charge in [-0.2, -0.15) is 11.8 Å². The van der Waals surface area contributed by atoms with Crippen molar-refractivity contribution in [2.24, 2.45) is 0 Å². The van der Waals surface area contributed by atoms with E-state index in [4.69, 9.17) is 0 Å². The molecular weight excluding hydrogens is 260 g/mol. The number of hydrogen-bond acceptors (Lipinski definition) is 6. The molecule has 0 bridgehead atoms. The third-order valence-corrected chi connectivity index (χ3v) is 4.06. The van der Waals surface area contributed by atoms with Crippen LogP contribution in [0.4, 0.5) is 11.6 Å². The van der Waals surface area contributed by atoms with E-state index in [-0.39, 0.29) is 12.6 Å². The second kappa shape index (κ2) is 7.55. The first-order valence-corrected chi connectivity index (χ1v) is 8.17. The number of anilines is 2. The van der Waals surface area contributed by atoms with E-state index in [1.54, 1.807) is 6.33 Å². The molecule has 1 fully saturated rings. The first kappa shape index (κ1) is 14.4. The molecule has 0 spiro atoms. The lowest BCUT2D eigenvalue weighted by atomic mass is 10.2. The fourth-order valence-corrected chi connectivity index (χ4v) is 2.79.